The van der Waals surface area contributed by atoms with Crippen LogP contribution in [-0.2, 0) is 9.53 Å². The highest BCUT2D eigenvalue weighted by Crippen LogP contribution is 2.24. The van der Waals surface area contributed by atoms with Gasteiger partial charge in [0.25, 0.3) is 5.56 Å². The van der Waals surface area contributed by atoms with E-state index in [1.165, 1.54) is 33.5 Å². The second kappa shape index (κ2) is 6.83. The van der Waals surface area contributed by atoms with E-state index in [0.29, 0.717) is 16.5 Å². The van der Waals surface area contributed by atoms with Crippen LogP contribution in [0.4, 0.5) is 0 Å². The lowest BCUT2D eigenvalue weighted by atomic mass is 10.1. The highest BCUT2D eigenvalue weighted by atomic mass is 16.5. The third-order valence-electron chi connectivity index (χ3n) is 3.90. The maximum absolute atomic E-state index is 12.1. The summed E-state index contributed by atoms with van der Waals surface area (Å²) in [6.07, 6.45) is 2.77. The molecule has 2 aromatic rings. The second-order valence-electron chi connectivity index (χ2n) is 5.40. The number of carbonyl (C=O) groups is 1. The quantitative estimate of drug-likeness (QED) is 0.569. The normalized spacial score (nSPS) is 12.9. The summed E-state index contributed by atoms with van der Waals surface area (Å²) >= 11 is 0. The van der Waals surface area contributed by atoms with Gasteiger partial charge in [-0.25, -0.2) is 14.6 Å². The molecule has 2 heterocycles. The van der Waals surface area contributed by atoms with Crippen LogP contribution < -0.4 is 31.3 Å². The zero-order valence-corrected chi connectivity index (χ0v) is 14.6. The number of H-pyrrole nitrogens is 2. The van der Waals surface area contributed by atoms with Crippen LogP contribution in [0.15, 0.2) is 26.3 Å². The Bertz CT molecular complexity index is 1200. The number of aromatic amines is 2. The maximum atomic E-state index is 12.1. The van der Waals surface area contributed by atoms with Gasteiger partial charge in [0.2, 0.25) is 5.88 Å². The first kappa shape index (κ1) is 18.0. The molecule has 140 valence electrons. The van der Waals surface area contributed by atoms with Crippen LogP contribution in [0, 0.1) is 0 Å². The molecule has 0 saturated heterocycles. The fourth-order valence-corrected chi connectivity index (χ4v) is 2.65. The Morgan fingerprint density at radius 1 is 1.15 bits per heavy atom. The molecule has 0 bridgehead atoms. The number of fused-ring (bicyclic) bond motifs is 1. The molecule has 1 aromatic carbocycles. The Morgan fingerprint density at radius 3 is 2.44 bits per heavy atom. The molecule has 10 heteroatoms. The lowest BCUT2D eigenvalue weighted by Crippen LogP contribution is -2.31. The number of hydrogen-bond acceptors (Lipinski definition) is 8. The van der Waals surface area contributed by atoms with Crippen molar-refractivity contribution < 1.29 is 24.1 Å². The van der Waals surface area contributed by atoms with Gasteiger partial charge in [0, 0.05) is 16.8 Å². The SMILES string of the molecule is COC(=O)C1=Cc2c(OC)cc(OC)c(=Cc3c(O)[nH]c(=O)[nH]c3=O)c2=N1. The van der Waals surface area contributed by atoms with Gasteiger partial charge >= 0.3 is 11.7 Å². The Balaban J connectivity index is 2.41. The number of hydrogen-bond donors (Lipinski definition) is 3. The lowest BCUT2D eigenvalue weighted by Gasteiger charge is -2.08. The van der Waals surface area contributed by atoms with Crippen molar-refractivity contribution in [3.8, 4) is 17.4 Å². The molecular formula is C17H15N3O7. The summed E-state index contributed by atoms with van der Waals surface area (Å²) in [6, 6.07) is 1.55. The molecule has 1 aromatic heterocycles. The number of carbonyl (C=O) groups excluding carboxylic acids is 1. The average molecular weight is 373 g/mol. The summed E-state index contributed by atoms with van der Waals surface area (Å²) in [4.78, 5) is 43.5. The smallest absolute Gasteiger partial charge is 0.356 e. The van der Waals surface area contributed by atoms with E-state index in [1.807, 2.05) is 4.98 Å². The second-order valence-corrected chi connectivity index (χ2v) is 5.40. The Hall–Kier alpha value is -3.82. The zero-order valence-electron chi connectivity index (χ0n) is 14.6. The van der Waals surface area contributed by atoms with E-state index >= 15 is 0 Å². The fraction of sp³-hybridized carbons (Fsp3) is 0.176. The van der Waals surface area contributed by atoms with Crippen molar-refractivity contribution in [2.75, 3.05) is 21.3 Å². The highest BCUT2D eigenvalue weighted by molar-refractivity contribution is 5.95. The van der Waals surface area contributed by atoms with Crippen LogP contribution in [0.3, 0.4) is 0 Å². The van der Waals surface area contributed by atoms with Gasteiger partial charge in [0.15, 0.2) is 0 Å². The topological polar surface area (TPSA) is 143 Å². The monoisotopic (exact) mass is 373 g/mol. The van der Waals surface area contributed by atoms with Gasteiger partial charge in [-0.1, -0.05) is 0 Å². The molecule has 10 nitrogen and oxygen atoms in total. The maximum Gasteiger partial charge on any atom is 0.356 e. The van der Waals surface area contributed by atoms with Crippen molar-refractivity contribution in [2.45, 2.75) is 0 Å². The molecule has 0 unspecified atom stereocenters. The number of benzene rings is 1. The minimum absolute atomic E-state index is 0.0355. The summed E-state index contributed by atoms with van der Waals surface area (Å²) in [5.74, 6) is -0.599. The lowest BCUT2D eigenvalue weighted by molar-refractivity contribution is -0.136. The van der Waals surface area contributed by atoms with Crippen molar-refractivity contribution in [1.29, 1.82) is 0 Å². The Kier molecular flexibility index (Phi) is 4.55. The molecule has 0 radical (unpaired) electrons. The van der Waals surface area contributed by atoms with E-state index in [2.05, 4.69) is 14.7 Å². The Labute approximate surface area is 151 Å². The summed E-state index contributed by atoms with van der Waals surface area (Å²) < 4.78 is 15.3. The van der Waals surface area contributed by atoms with E-state index in [-0.39, 0.29) is 22.4 Å². The van der Waals surface area contributed by atoms with Crippen LogP contribution >= 0.6 is 0 Å². The van der Waals surface area contributed by atoms with E-state index in [1.54, 1.807) is 6.07 Å². The molecule has 3 N–H and O–H groups in total. The fourth-order valence-electron chi connectivity index (χ4n) is 2.65. The van der Waals surface area contributed by atoms with Gasteiger partial charge in [0.1, 0.15) is 22.8 Å². The molecule has 0 spiro atoms. The number of nitrogens with zero attached hydrogens (tertiary/aromatic N) is 1. The number of rotatable bonds is 4. The third kappa shape index (κ3) is 3.08. The summed E-state index contributed by atoms with van der Waals surface area (Å²) in [6.45, 7) is 0. The van der Waals surface area contributed by atoms with Gasteiger partial charge in [-0.2, -0.15) is 0 Å². The first-order valence-electron chi connectivity index (χ1n) is 7.60. The highest BCUT2D eigenvalue weighted by Gasteiger charge is 2.21. The Morgan fingerprint density at radius 2 is 1.85 bits per heavy atom. The minimum Gasteiger partial charge on any atom is -0.496 e. The van der Waals surface area contributed by atoms with Crippen LogP contribution in [-0.4, -0.2) is 42.4 Å². The van der Waals surface area contributed by atoms with E-state index in [0.717, 1.165) is 0 Å². The third-order valence-corrected chi connectivity index (χ3v) is 3.90. The molecular weight excluding hydrogens is 358 g/mol. The number of aromatic hydroxyl groups is 1. The first-order chi connectivity index (χ1) is 12.9. The minimum atomic E-state index is -0.846. The zero-order chi connectivity index (χ0) is 19.7. The summed E-state index contributed by atoms with van der Waals surface area (Å²) in [5, 5.41) is 10.5. The van der Waals surface area contributed by atoms with Crippen LogP contribution in [0.5, 0.6) is 17.4 Å². The number of methoxy groups -OCH3 is 3. The molecule has 1 aliphatic rings. The standard InChI is InChI=1S/C17H15N3O7/c1-25-11-6-12(26-2)8-5-10(16(23)27-3)18-13(8)7(11)4-9-14(21)19-17(24)20-15(9)22/h4-6H,1-3H3,(H3,19,20,21,22,24). The van der Waals surface area contributed by atoms with Crippen LogP contribution in [0.25, 0.3) is 12.2 Å². The molecule has 0 amide bonds. The van der Waals surface area contributed by atoms with E-state index < -0.39 is 23.1 Å². The van der Waals surface area contributed by atoms with Gasteiger partial charge in [-0.05, 0) is 12.2 Å². The molecule has 0 aliphatic carbocycles. The van der Waals surface area contributed by atoms with Gasteiger partial charge in [0.05, 0.1) is 26.7 Å². The predicted octanol–water partition coefficient (Wildman–Crippen LogP) is -1.24. The van der Waals surface area contributed by atoms with Crippen molar-refractivity contribution in [1.82, 2.24) is 9.97 Å². The number of nitrogens with one attached hydrogen (secondary N) is 2. The largest absolute Gasteiger partial charge is 0.496 e. The van der Waals surface area contributed by atoms with Crippen LogP contribution in [0.1, 0.15) is 11.1 Å². The molecule has 1 aliphatic heterocycles. The van der Waals surface area contributed by atoms with Crippen molar-refractivity contribution in [3.63, 3.8) is 0 Å². The van der Waals surface area contributed by atoms with Crippen molar-refractivity contribution in [2.24, 2.45) is 4.99 Å². The predicted molar refractivity (Wildman–Crippen MR) is 93.2 cm³/mol. The van der Waals surface area contributed by atoms with E-state index in [4.69, 9.17) is 9.47 Å². The van der Waals surface area contributed by atoms with Gasteiger partial charge in [-0.3, -0.25) is 14.8 Å². The number of esters is 1. The number of ether oxygens (including phenoxy) is 3. The van der Waals surface area contributed by atoms with Gasteiger partial charge in [-0.15, -0.1) is 0 Å². The molecule has 27 heavy (non-hydrogen) atoms. The van der Waals surface area contributed by atoms with Gasteiger partial charge < -0.3 is 19.3 Å². The van der Waals surface area contributed by atoms with Crippen molar-refractivity contribution in [3.05, 3.63) is 54.3 Å². The first-order valence-corrected chi connectivity index (χ1v) is 7.60. The van der Waals surface area contributed by atoms with E-state index in [9.17, 15) is 19.5 Å². The van der Waals surface area contributed by atoms with Crippen molar-refractivity contribution >= 4 is 18.1 Å². The molecule has 0 saturated carbocycles. The molecule has 0 atom stereocenters. The molecule has 3 rings (SSSR count). The summed E-state index contributed by atoms with van der Waals surface area (Å²) in [7, 11) is 4.07. The summed E-state index contributed by atoms with van der Waals surface area (Å²) in [5.41, 5.74) is -1.34. The van der Waals surface area contributed by atoms with Crippen LogP contribution in [0.2, 0.25) is 0 Å². The molecule has 0 fully saturated rings. The number of aromatic nitrogens is 2. The average Bonchev–Trinajstić information content (AvgIpc) is 3.08.